The first-order chi connectivity index (χ1) is 10.5. The molecule has 0 radical (unpaired) electrons. The molecular formula is C14H16F2N4OS. The van der Waals surface area contributed by atoms with Gasteiger partial charge in [0.05, 0.1) is 11.9 Å². The van der Waals surface area contributed by atoms with Gasteiger partial charge in [0.2, 0.25) is 0 Å². The van der Waals surface area contributed by atoms with Gasteiger partial charge < -0.3 is 15.4 Å². The van der Waals surface area contributed by atoms with Crippen molar-refractivity contribution in [3.63, 3.8) is 0 Å². The summed E-state index contributed by atoms with van der Waals surface area (Å²) in [7, 11) is 1.85. The van der Waals surface area contributed by atoms with Crippen molar-refractivity contribution in [3.8, 4) is 5.75 Å². The summed E-state index contributed by atoms with van der Waals surface area (Å²) in [6.07, 6.45) is 1.75. The van der Waals surface area contributed by atoms with Gasteiger partial charge in [0.15, 0.2) is 5.11 Å². The molecule has 0 atom stereocenters. The van der Waals surface area contributed by atoms with E-state index in [1.807, 2.05) is 14.0 Å². The number of aryl methyl sites for hydroxylation is 1. The third-order valence-electron chi connectivity index (χ3n) is 3.13. The van der Waals surface area contributed by atoms with Gasteiger partial charge >= 0.3 is 6.61 Å². The minimum absolute atomic E-state index is 0.0409. The van der Waals surface area contributed by atoms with Gasteiger partial charge in [-0.3, -0.25) is 4.68 Å². The van der Waals surface area contributed by atoms with Crippen molar-refractivity contribution in [2.45, 2.75) is 20.1 Å². The zero-order chi connectivity index (χ0) is 16.1. The van der Waals surface area contributed by atoms with Crippen LogP contribution < -0.4 is 15.4 Å². The van der Waals surface area contributed by atoms with E-state index in [4.69, 9.17) is 12.2 Å². The predicted molar refractivity (Wildman–Crippen MR) is 84.1 cm³/mol. The fraction of sp³-hybridized carbons (Fsp3) is 0.286. The second-order valence-corrected chi connectivity index (χ2v) is 4.97. The van der Waals surface area contributed by atoms with Crippen LogP contribution in [0.3, 0.4) is 0 Å². The molecule has 118 valence electrons. The highest BCUT2D eigenvalue weighted by Gasteiger charge is 2.10. The molecular weight excluding hydrogens is 310 g/mol. The monoisotopic (exact) mass is 326 g/mol. The second kappa shape index (κ2) is 7.17. The van der Waals surface area contributed by atoms with E-state index in [0.717, 1.165) is 11.3 Å². The summed E-state index contributed by atoms with van der Waals surface area (Å²) in [6.45, 7) is -0.446. The maximum Gasteiger partial charge on any atom is 0.387 e. The van der Waals surface area contributed by atoms with Crippen LogP contribution in [0.2, 0.25) is 0 Å². The van der Waals surface area contributed by atoms with E-state index in [-0.39, 0.29) is 5.75 Å². The zero-order valence-electron chi connectivity index (χ0n) is 12.1. The molecule has 2 N–H and O–H groups in total. The molecule has 8 heteroatoms. The largest absolute Gasteiger partial charge is 0.433 e. The highest BCUT2D eigenvalue weighted by Crippen LogP contribution is 2.25. The Bertz CT molecular complexity index is 660. The molecule has 1 heterocycles. The van der Waals surface area contributed by atoms with E-state index in [1.165, 1.54) is 6.07 Å². The lowest BCUT2D eigenvalue weighted by molar-refractivity contribution is -0.0493. The van der Waals surface area contributed by atoms with Crippen LogP contribution in [-0.2, 0) is 13.6 Å². The fourth-order valence-corrected chi connectivity index (χ4v) is 2.01. The predicted octanol–water partition coefficient (Wildman–Crippen LogP) is 2.82. The third-order valence-corrected chi connectivity index (χ3v) is 3.37. The number of hydrogen-bond donors (Lipinski definition) is 2. The Morgan fingerprint density at radius 2 is 2.14 bits per heavy atom. The zero-order valence-corrected chi connectivity index (χ0v) is 13.0. The first-order valence-electron chi connectivity index (χ1n) is 6.53. The minimum Gasteiger partial charge on any atom is -0.433 e. The molecule has 5 nitrogen and oxygen atoms in total. The van der Waals surface area contributed by atoms with Gasteiger partial charge in [0.25, 0.3) is 0 Å². The Labute approximate surface area is 132 Å². The van der Waals surface area contributed by atoms with Crippen molar-refractivity contribution in [2.75, 3.05) is 5.32 Å². The van der Waals surface area contributed by atoms with Crippen LogP contribution in [0.1, 0.15) is 11.3 Å². The van der Waals surface area contributed by atoms with Crippen LogP contribution in [0, 0.1) is 6.92 Å². The maximum absolute atomic E-state index is 12.3. The molecule has 22 heavy (non-hydrogen) atoms. The smallest absolute Gasteiger partial charge is 0.387 e. The fourth-order valence-electron chi connectivity index (χ4n) is 1.83. The average molecular weight is 326 g/mol. The third kappa shape index (κ3) is 4.14. The van der Waals surface area contributed by atoms with Crippen molar-refractivity contribution < 1.29 is 13.5 Å². The number of thiocarbonyl (C=S) groups is 1. The number of aromatic nitrogens is 2. The first kappa shape index (κ1) is 16.2. The summed E-state index contributed by atoms with van der Waals surface area (Å²) in [5, 5.41) is 10.3. The Morgan fingerprint density at radius 1 is 1.41 bits per heavy atom. The summed E-state index contributed by atoms with van der Waals surface area (Å²) >= 11 is 5.17. The van der Waals surface area contributed by atoms with E-state index < -0.39 is 6.61 Å². The Balaban J connectivity index is 1.96. The highest BCUT2D eigenvalue weighted by atomic mass is 32.1. The average Bonchev–Trinajstić information content (AvgIpc) is 2.78. The van der Waals surface area contributed by atoms with Crippen LogP contribution >= 0.6 is 12.2 Å². The summed E-state index contributed by atoms with van der Waals surface area (Å²) in [5.74, 6) is 0.0409. The number of para-hydroxylation sites is 2. The van der Waals surface area contributed by atoms with E-state index in [0.29, 0.717) is 17.3 Å². The topological polar surface area (TPSA) is 51.1 Å². The van der Waals surface area contributed by atoms with Crippen LogP contribution in [-0.4, -0.2) is 21.5 Å². The Kier molecular flexibility index (Phi) is 5.26. The normalized spacial score (nSPS) is 10.6. The molecule has 0 spiro atoms. The molecule has 2 rings (SSSR count). The molecule has 0 saturated heterocycles. The molecule has 0 aliphatic rings. The van der Waals surface area contributed by atoms with Crippen LogP contribution in [0.4, 0.5) is 14.5 Å². The van der Waals surface area contributed by atoms with Crippen molar-refractivity contribution in [3.05, 3.63) is 41.7 Å². The molecule has 0 aliphatic heterocycles. The van der Waals surface area contributed by atoms with Crippen LogP contribution in [0.25, 0.3) is 0 Å². The highest BCUT2D eigenvalue weighted by molar-refractivity contribution is 7.80. The van der Waals surface area contributed by atoms with E-state index >= 15 is 0 Å². The summed E-state index contributed by atoms with van der Waals surface area (Å²) in [6, 6.07) is 6.37. The lowest BCUT2D eigenvalue weighted by Crippen LogP contribution is -2.28. The lowest BCUT2D eigenvalue weighted by atomic mass is 10.2. The second-order valence-electron chi connectivity index (χ2n) is 4.56. The molecule has 0 saturated carbocycles. The number of alkyl halides is 2. The Morgan fingerprint density at radius 3 is 2.77 bits per heavy atom. The SMILES string of the molecule is Cc1c(CNC(=S)Nc2ccccc2OC(F)F)cnn1C. The molecule has 0 aliphatic carbocycles. The molecule has 2 aromatic rings. The number of nitrogens with zero attached hydrogens (tertiary/aromatic N) is 2. The van der Waals surface area contributed by atoms with Crippen molar-refractivity contribution >= 4 is 23.0 Å². The number of hydrogen-bond acceptors (Lipinski definition) is 3. The van der Waals surface area contributed by atoms with Crippen molar-refractivity contribution in [1.29, 1.82) is 0 Å². The molecule has 0 amide bonds. The van der Waals surface area contributed by atoms with Gasteiger partial charge in [0.1, 0.15) is 5.75 Å². The summed E-state index contributed by atoms with van der Waals surface area (Å²) < 4.78 is 30.9. The maximum atomic E-state index is 12.3. The molecule has 1 aromatic heterocycles. The number of ether oxygens (including phenoxy) is 1. The first-order valence-corrected chi connectivity index (χ1v) is 6.94. The number of rotatable bonds is 5. The van der Waals surface area contributed by atoms with Crippen molar-refractivity contribution in [2.24, 2.45) is 7.05 Å². The number of halogens is 2. The van der Waals surface area contributed by atoms with Gasteiger partial charge in [0, 0.05) is 24.8 Å². The molecule has 0 bridgehead atoms. The van der Waals surface area contributed by atoms with Gasteiger partial charge in [-0.15, -0.1) is 0 Å². The number of benzene rings is 1. The number of anilines is 1. The van der Waals surface area contributed by atoms with Gasteiger partial charge in [-0.2, -0.15) is 13.9 Å². The van der Waals surface area contributed by atoms with E-state index in [1.54, 1.807) is 29.1 Å². The van der Waals surface area contributed by atoms with Gasteiger partial charge in [-0.25, -0.2) is 0 Å². The van der Waals surface area contributed by atoms with E-state index in [2.05, 4.69) is 20.5 Å². The van der Waals surface area contributed by atoms with Crippen LogP contribution in [0.5, 0.6) is 5.75 Å². The standard InChI is InChI=1S/C14H16F2N4OS/c1-9-10(8-18-20(9)2)7-17-14(22)19-11-5-3-4-6-12(11)21-13(15)16/h3-6,8,13H,7H2,1-2H3,(H2,17,19,22). The van der Waals surface area contributed by atoms with Gasteiger partial charge in [-0.1, -0.05) is 12.1 Å². The Hall–Kier alpha value is -2.22. The molecule has 0 unspecified atom stereocenters. The quantitative estimate of drug-likeness (QED) is 0.828. The summed E-state index contributed by atoms with van der Waals surface area (Å²) in [4.78, 5) is 0. The summed E-state index contributed by atoms with van der Waals surface area (Å²) in [5.41, 5.74) is 2.41. The van der Waals surface area contributed by atoms with Gasteiger partial charge in [-0.05, 0) is 31.3 Å². The molecule has 1 aromatic carbocycles. The van der Waals surface area contributed by atoms with Crippen LogP contribution in [0.15, 0.2) is 30.5 Å². The lowest BCUT2D eigenvalue weighted by Gasteiger charge is -2.14. The molecule has 0 fully saturated rings. The van der Waals surface area contributed by atoms with Crippen molar-refractivity contribution in [1.82, 2.24) is 15.1 Å². The van der Waals surface area contributed by atoms with E-state index in [9.17, 15) is 8.78 Å². The number of nitrogens with one attached hydrogen (secondary N) is 2. The minimum atomic E-state index is -2.89.